The summed E-state index contributed by atoms with van der Waals surface area (Å²) in [6, 6.07) is 4.72. The molecule has 0 amide bonds. The first-order valence-electron chi connectivity index (χ1n) is 4.40. The molecule has 0 atom stereocenters. The normalized spacial score (nSPS) is 19.9. The molecular formula is C9H14N2S. The molecular weight excluding hydrogens is 168 g/mol. The Labute approximate surface area is 77.0 Å². The number of nitrogens with two attached hydrogens (primary N) is 1. The van der Waals surface area contributed by atoms with Crippen molar-refractivity contribution in [1.29, 1.82) is 0 Å². The highest BCUT2D eigenvalue weighted by Gasteiger charge is 2.16. The molecule has 0 unspecified atom stereocenters. The van der Waals surface area contributed by atoms with Gasteiger partial charge in [-0.2, -0.15) is 0 Å². The SMILES string of the molecule is NC1CCN(c2cccs2)CC1. The van der Waals surface area contributed by atoms with Crippen molar-refractivity contribution in [3.8, 4) is 0 Å². The Morgan fingerprint density at radius 3 is 2.75 bits per heavy atom. The van der Waals surface area contributed by atoms with Crippen LogP contribution in [0.5, 0.6) is 0 Å². The number of rotatable bonds is 1. The van der Waals surface area contributed by atoms with Crippen molar-refractivity contribution < 1.29 is 0 Å². The van der Waals surface area contributed by atoms with Crippen LogP contribution >= 0.6 is 11.3 Å². The molecule has 1 fully saturated rings. The van der Waals surface area contributed by atoms with E-state index in [1.807, 2.05) is 11.3 Å². The van der Waals surface area contributed by atoms with Crippen LogP contribution in [-0.4, -0.2) is 19.1 Å². The van der Waals surface area contributed by atoms with Crippen LogP contribution in [0.4, 0.5) is 5.00 Å². The monoisotopic (exact) mass is 182 g/mol. The topological polar surface area (TPSA) is 29.3 Å². The van der Waals surface area contributed by atoms with Gasteiger partial charge in [-0.05, 0) is 30.4 Å². The second kappa shape index (κ2) is 3.46. The van der Waals surface area contributed by atoms with Crippen molar-refractivity contribution >= 4 is 16.3 Å². The van der Waals surface area contributed by atoms with Crippen LogP contribution in [0.3, 0.4) is 0 Å². The molecule has 0 spiro atoms. The van der Waals surface area contributed by atoms with Crippen LogP contribution in [0.25, 0.3) is 0 Å². The van der Waals surface area contributed by atoms with Gasteiger partial charge in [-0.3, -0.25) is 0 Å². The lowest BCUT2D eigenvalue weighted by Gasteiger charge is -2.30. The lowest BCUT2D eigenvalue weighted by atomic mass is 10.1. The number of thiophene rings is 1. The van der Waals surface area contributed by atoms with Crippen molar-refractivity contribution in [3.63, 3.8) is 0 Å². The quantitative estimate of drug-likeness (QED) is 0.716. The smallest absolute Gasteiger partial charge is 0.0908 e. The van der Waals surface area contributed by atoms with E-state index in [0.29, 0.717) is 6.04 Å². The molecule has 0 aromatic carbocycles. The molecule has 1 aromatic heterocycles. The molecule has 2 rings (SSSR count). The third-order valence-electron chi connectivity index (χ3n) is 2.36. The number of hydrogen-bond donors (Lipinski definition) is 1. The molecule has 0 radical (unpaired) electrons. The third-order valence-corrected chi connectivity index (χ3v) is 3.29. The fourth-order valence-corrected chi connectivity index (χ4v) is 2.36. The summed E-state index contributed by atoms with van der Waals surface area (Å²) >= 11 is 1.82. The Hall–Kier alpha value is -0.540. The van der Waals surface area contributed by atoms with E-state index in [0.717, 1.165) is 25.9 Å². The van der Waals surface area contributed by atoms with E-state index in [-0.39, 0.29) is 0 Å². The van der Waals surface area contributed by atoms with Gasteiger partial charge in [0.05, 0.1) is 5.00 Å². The Bertz CT molecular complexity index is 225. The maximum Gasteiger partial charge on any atom is 0.0908 e. The van der Waals surface area contributed by atoms with Gasteiger partial charge in [0.15, 0.2) is 0 Å². The van der Waals surface area contributed by atoms with E-state index >= 15 is 0 Å². The number of nitrogens with zero attached hydrogens (tertiary/aromatic N) is 1. The van der Waals surface area contributed by atoms with Crippen molar-refractivity contribution in [2.24, 2.45) is 5.73 Å². The molecule has 2 heterocycles. The van der Waals surface area contributed by atoms with E-state index in [1.54, 1.807) is 0 Å². The summed E-state index contributed by atoms with van der Waals surface area (Å²) in [7, 11) is 0. The Morgan fingerprint density at radius 2 is 2.17 bits per heavy atom. The van der Waals surface area contributed by atoms with Crippen LogP contribution in [0, 0.1) is 0 Å². The third kappa shape index (κ3) is 1.62. The minimum absolute atomic E-state index is 0.432. The summed E-state index contributed by atoms with van der Waals surface area (Å²) in [6.45, 7) is 2.25. The molecule has 1 aromatic rings. The summed E-state index contributed by atoms with van der Waals surface area (Å²) in [6.07, 6.45) is 2.27. The van der Waals surface area contributed by atoms with Crippen LogP contribution in [0.2, 0.25) is 0 Å². The Balaban J connectivity index is 1.99. The molecule has 2 N–H and O–H groups in total. The van der Waals surface area contributed by atoms with Crippen LogP contribution in [0.1, 0.15) is 12.8 Å². The molecule has 1 saturated heterocycles. The standard InChI is InChI=1S/C9H14N2S/c10-8-3-5-11(6-4-8)9-2-1-7-12-9/h1-2,7-8H,3-6,10H2. The van der Waals surface area contributed by atoms with Gasteiger partial charge in [-0.1, -0.05) is 0 Å². The number of anilines is 1. The van der Waals surface area contributed by atoms with Crippen molar-refractivity contribution in [2.45, 2.75) is 18.9 Å². The zero-order valence-electron chi connectivity index (χ0n) is 7.07. The average Bonchev–Trinajstić information content (AvgIpc) is 2.58. The Kier molecular flexibility index (Phi) is 2.33. The summed E-state index contributed by atoms with van der Waals surface area (Å²) in [4.78, 5) is 2.42. The van der Waals surface area contributed by atoms with Gasteiger partial charge in [0.2, 0.25) is 0 Å². The maximum atomic E-state index is 5.83. The van der Waals surface area contributed by atoms with Gasteiger partial charge in [-0.15, -0.1) is 11.3 Å². The fourth-order valence-electron chi connectivity index (χ4n) is 1.57. The highest BCUT2D eigenvalue weighted by molar-refractivity contribution is 7.14. The van der Waals surface area contributed by atoms with Gasteiger partial charge < -0.3 is 10.6 Å². The van der Waals surface area contributed by atoms with Gasteiger partial charge >= 0.3 is 0 Å². The van der Waals surface area contributed by atoms with Gasteiger partial charge in [0.1, 0.15) is 0 Å². The van der Waals surface area contributed by atoms with E-state index in [1.165, 1.54) is 5.00 Å². The van der Waals surface area contributed by atoms with Crippen LogP contribution in [-0.2, 0) is 0 Å². The van der Waals surface area contributed by atoms with Crippen molar-refractivity contribution in [3.05, 3.63) is 17.5 Å². The Morgan fingerprint density at radius 1 is 1.42 bits per heavy atom. The van der Waals surface area contributed by atoms with E-state index in [9.17, 15) is 0 Å². The van der Waals surface area contributed by atoms with Crippen LogP contribution in [0.15, 0.2) is 17.5 Å². The minimum Gasteiger partial charge on any atom is -0.363 e. The molecule has 0 aliphatic carbocycles. The molecule has 0 bridgehead atoms. The van der Waals surface area contributed by atoms with E-state index in [2.05, 4.69) is 22.4 Å². The predicted octanol–water partition coefficient (Wildman–Crippen LogP) is 1.68. The molecule has 1 aliphatic heterocycles. The van der Waals surface area contributed by atoms with Gasteiger partial charge in [0.25, 0.3) is 0 Å². The fraction of sp³-hybridized carbons (Fsp3) is 0.556. The number of hydrogen-bond acceptors (Lipinski definition) is 3. The van der Waals surface area contributed by atoms with Gasteiger partial charge in [0, 0.05) is 19.1 Å². The predicted molar refractivity (Wildman–Crippen MR) is 53.7 cm³/mol. The lowest BCUT2D eigenvalue weighted by molar-refractivity contribution is 0.503. The molecule has 2 nitrogen and oxygen atoms in total. The summed E-state index contributed by atoms with van der Waals surface area (Å²) in [5.41, 5.74) is 5.83. The maximum absolute atomic E-state index is 5.83. The van der Waals surface area contributed by atoms with Crippen molar-refractivity contribution in [1.82, 2.24) is 0 Å². The molecule has 66 valence electrons. The van der Waals surface area contributed by atoms with Crippen LogP contribution < -0.4 is 10.6 Å². The second-order valence-corrected chi connectivity index (χ2v) is 4.20. The number of piperidine rings is 1. The molecule has 1 aliphatic rings. The lowest BCUT2D eigenvalue weighted by Crippen LogP contribution is -2.39. The first-order chi connectivity index (χ1) is 5.86. The largest absolute Gasteiger partial charge is 0.363 e. The second-order valence-electron chi connectivity index (χ2n) is 3.28. The van der Waals surface area contributed by atoms with E-state index < -0.39 is 0 Å². The van der Waals surface area contributed by atoms with E-state index in [4.69, 9.17) is 5.73 Å². The summed E-state index contributed by atoms with van der Waals surface area (Å²) in [5, 5.41) is 3.52. The highest BCUT2D eigenvalue weighted by atomic mass is 32.1. The summed E-state index contributed by atoms with van der Waals surface area (Å²) < 4.78 is 0. The first kappa shape index (κ1) is 8.08. The molecule has 3 heteroatoms. The summed E-state index contributed by atoms with van der Waals surface area (Å²) in [5.74, 6) is 0. The van der Waals surface area contributed by atoms with Crippen molar-refractivity contribution in [2.75, 3.05) is 18.0 Å². The molecule has 12 heavy (non-hydrogen) atoms. The zero-order chi connectivity index (χ0) is 8.39. The first-order valence-corrected chi connectivity index (χ1v) is 5.28. The zero-order valence-corrected chi connectivity index (χ0v) is 7.89. The molecule has 0 saturated carbocycles. The average molecular weight is 182 g/mol. The highest BCUT2D eigenvalue weighted by Crippen LogP contribution is 2.24. The minimum atomic E-state index is 0.432. The van der Waals surface area contributed by atoms with Gasteiger partial charge in [-0.25, -0.2) is 0 Å².